The van der Waals surface area contributed by atoms with Crippen LogP contribution < -0.4 is 5.73 Å². The first-order valence-corrected chi connectivity index (χ1v) is 6.60. The molecule has 4 heteroatoms. The smallest absolute Gasteiger partial charge is 0.305 e. The Kier molecular flexibility index (Phi) is 11.4. The van der Waals surface area contributed by atoms with Crippen molar-refractivity contribution in [3.8, 4) is 0 Å². The van der Waals surface area contributed by atoms with Gasteiger partial charge in [0.2, 0.25) is 0 Å². The third kappa shape index (κ3) is 13.3. The molecule has 0 fully saturated rings. The van der Waals surface area contributed by atoms with E-state index in [4.69, 9.17) is 15.2 Å². The van der Waals surface area contributed by atoms with Crippen LogP contribution in [0.15, 0.2) is 0 Å². The largest absolute Gasteiger partial charge is 0.463 e. The van der Waals surface area contributed by atoms with Gasteiger partial charge in [0.25, 0.3) is 0 Å². The first-order chi connectivity index (χ1) is 8.16. The predicted octanol–water partition coefficient (Wildman–Crippen LogP) is 2.11. The average Bonchev–Trinajstić information content (AvgIpc) is 2.28. The molecule has 0 atom stereocenters. The summed E-state index contributed by atoms with van der Waals surface area (Å²) in [6.45, 7) is 6.50. The first kappa shape index (κ1) is 16.4. The van der Waals surface area contributed by atoms with Crippen molar-refractivity contribution in [2.24, 2.45) is 11.7 Å². The van der Waals surface area contributed by atoms with E-state index in [1.807, 2.05) is 0 Å². The van der Waals surface area contributed by atoms with Crippen molar-refractivity contribution in [2.75, 3.05) is 26.4 Å². The van der Waals surface area contributed by atoms with E-state index >= 15 is 0 Å². The van der Waals surface area contributed by atoms with Crippen LogP contribution in [0, 0.1) is 5.92 Å². The fourth-order valence-corrected chi connectivity index (χ4v) is 1.37. The Labute approximate surface area is 105 Å². The van der Waals surface area contributed by atoms with Crippen molar-refractivity contribution in [2.45, 2.75) is 46.0 Å². The molecule has 2 N–H and O–H groups in total. The molecule has 0 amide bonds. The number of hydrogen-bond acceptors (Lipinski definition) is 4. The Morgan fingerprint density at radius 1 is 1.12 bits per heavy atom. The maximum atomic E-state index is 11.3. The molecule has 0 saturated carbocycles. The van der Waals surface area contributed by atoms with Crippen LogP contribution in [0.5, 0.6) is 0 Å². The van der Waals surface area contributed by atoms with Gasteiger partial charge in [0, 0.05) is 13.0 Å². The molecule has 4 nitrogen and oxygen atoms in total. The van der Waals surface area contributed by atoms with Gasteiger partial charge >= 0.3 is 5.97 Å². The molecule has 0 rings (SSSR count). The molecule has 0 spiro atoms. The molecule has 0 heterocycles. The molecular formula is C13H27NO3. The van der Waals surface area contributed by atoms with Crippen molar-refractivity contribution in [3.05, 3.63) is 0 Å². The second-order valence-electron chi connectivity index (χ2n) is 4.64. The highest BCUT2D eigenvalue weighted by Crippen LogP contribution is 2.03. The number of esters is 1. The minimum Gasteiger partial charge on any atom is -0.463 e. The lowest BCUT2D eigenvalue weighted by Gasteiger charge is -2.07. The Hall–Kier alpha value is -0.610. The lowest BCUT2D eigenvalue weighted by molar-refractivity contribution is -0.145. The van der Waals surface area contributed by atoms with Crippen LogP contribution in [-0.2, 0) is 14.3 Å². The number of ether oxygens (including phenoxy) is 2. The summed E-state index contributed by atoms with van der Waals surface area (Å²) in [4.78, 5) is 11.3. The van der Waals surface area contributed by atoms with Crippen LogP contribution in [0.2, 0.25) is 0 Å². The van der Waals surface area contributed by atoms with Crippen molar-refractivity contribution < 1.29 is 14.3 Å². The summed E-state index contributed by atoms with van der Waals surface area (Å²) in [5.74, 6) is 0.402. The Morgan fingerprint density at radius 2 is 1.82 bits per heavy atom. The van der Waals surface area contributed by atoms with Gasteiger partial charge in [-0.2, -0.15) is 0 Å². The van der Waals surface area contributed by atoms with E-state index in [1.54, 1.807) is 0 Å². The summed E-state index contributed by atoms with van der Waals surface area (Å²) in [5.41, 5.74) is 5.38. The molecular weight excluding hydrogens is 218 g/mol. The van der Waals surface area contributed by atoms with E-state index in [0.29, 0.717) is 25.6 Å². The van der Waals surface area contributed by atoms with Crippen LogP contribution in [0.4, 0.5) is 0 Å². The average molecular weight is 245 g/mol. The quantitative estimate of drug-likeness (QED) is 0.447. The molecule has 102 valence electrons. The molecule has 0 radical (unpaired) electrons. The van der Waals surface area contributed by atoms with Crippen molar-refractivity contribution in [3.63, 3.8) is 0 Å². The van der Waals surface area contributed by atoms with Gasteiger partial charge in [-0.15, -0.1) is 0 Å². The monoisotopic (exact) mass is 245 g/mol. The minimum absolute atomic E-state index is 0.120. The number of carbonyl (C=O) groups is 1. The topological polar surface area (TPSA) is 61.5 Å². The lowest BCUT2D eigenvalue weighted by Crippen LogP contribution is -2.12. The molecule has 0 aromatic carbocycles. The number of rotatable bonds is 11. The van der Waals surface area contributed by atoms with E-state index in [1.165, 1.54) is 0 Å². The fraction of sp³-hybridized carbons (Fsp3) is 0.923. The van der Waals surface area contributed by atoms with Crippen molar-refractivity contribution >= 4 is 5.97 Å². The number of hydrogen-bond donors (Lipinski definition) is 1. The highest BCUT2D eigenvalue weighted by Gasteiger charge is 2.02. The molecule has 0 unspecified atom stereocenters. The van der Waals surface area contributed by atoms with Gasteiger partial charge in [-0.05, 0) is 25.3 Å². The van der Waals surface area contributed by atoms with E-state index in [0.717, 1.165) is 38.8 Å². The molecule has 0 aliphatic heterocycles. The summed E-state index contributed by atoms with van der Waals surface area (Å²) in [6, 6.07) is 0. The molecule has 0 aromatic heterocycles. The summed E-state index contributed by atoms with van der Waals surface area (Å²) in [6.07, 6.45) is 4.59. The SMILES string of the molecule is CC(C)COCCOC(=O)CCCCCCN. The van der Waals surface area contributed by atoms with Crippen LogP contribution in [-0.4, -0.2) is 32.3 Å². The maximum Gasteiger partial charge on any atom is 0.305 e. The lowest BCUT2D eigenvalue weighted by atomic mass is 10.1. The van der Waals surface area contributed by atoms with Gasteiger partial charge in [-0.25, -0.2) is 0 Å². The predicted molar refractivity (Wildman–Crippen MR) is 68.8 cm³/mol. The second kappa shape index (κ2) is 11.9. The Morgan fingerprint density at radius 3 is 2.47 bits per heavy atom. The summed E-state index contributed by atoms with van der Waals surface area (Å²) < 4.78 is 10.4. The second-order valence-corrected chi connectivity index (χ2v) is 4.64. The molecule has 0 aromatic rings. The van der Waals surface area contributed by atoms with Gasteiger partial charge in [-0.3, -0.25) is 4.79 Å². The molecule has 0 aliphatic rings. The third-order valence-corrected chi connectivity index (χ3v) is 2.28. The highest BCUT2D eigenvalue weighted by molar-refractivity contribution is 5.69. The van der Waals surface area contributed by atoms with Gasteiger partial charge in [0.1, 0.15) is 6.61 Å². The maximum absolute atomic E-state index is 11.3. The number of unbranched alkanes of at least 4 members (excludes halogenated alkanes) is 3. The zero-order valence-corrected chi connectivity index (χ0v) is 11.2. The molecule has 0 saturated heterocycles. The molecule has 17 heavy (non-hydrogen) atoms. The number of nitrogens with two attached hydrogens (primary N) is 1. The standard InChI is InChI=1S/C13H27NO3/c1-12(2)11-16-9-10-17-13(15)7-5-3-4-6-8-14/h12H,3-11,14H2,1-2H3. The van der Waals surface area contributed by atoms with Gasteiger partial charge in [0.05, 0.1) is 6.61 Å². The molecule has 0 bridgehead atoms. The van der Waals surface area contributed by atoms with E-state index in [2.05, 4.69) is 13.8 Å². The van der Waals surface area contributed by atoms with Crippen LogP contribution in [0.3, 0.4) is 0 Å². The van der Waals surface area contributed by atoms with E-state index in [-0.39, 0.29) is 5.97 Å². The third-order valence-electron chi connectivity index (χ3n) is 2.28. The highest BCUT2D eigenvalue weighted by atomic mass is 16.6. The van der Waals surface area contributed by atoms with Gasteiger partial charge < -0.3 is 15.2 Å². The van der Waals surface area contributed by atoms with Crippen molar-refractivity contribution in [1.29, 1.82) is 0 Å². The van der Waals surface area contributed by atoms with Gasteiger partial charge in [-0.1, -0.05) is 26.7 Å². The summed E-state index contributed by atoms with van der Waals surface area (Å²) >= 11 is 0. The number of carbonyl (C=O) groups excluding carboxylic acids is 1. The van der Waals surface area contributed by atoms with Crippen molar-refractivity contribution in [1.82, 2.24) is 0 Å². The van der Waals surface area contributed by atoms with Crippen LogP contribution >= 0.6 is 0 Å². The minimum atomic E-state index is -0.120. The normalized spacial score (nSPS) is 10.8. The van der Waals surface area contributed by atoms with Gasteiger partial charge in [0.15, 0.2) is 0 Å². The molecule has 0 aliphatic carbocycles. The Balaban J connectivity index is 3.18. The van der Waals surface area contributed by atoms with Crippen LogP contribution in [0.25, 0.3) is 0 Å². The summed E-state index contributed by atoms with van der Waals surface area (Å²) in [5, 5.41) is 0. The van der Waals surface area contributed by atoms with Crippen LogP contribution in [0.1, 0.15) is 46.0 Å². The summed E-state index contributed by atoms with van der Waals surface area (Å²) in [7, 11) is 0. The van der Waals surface area contributed by atoms with E-state index in [9.17, 15) is 4.79 Å². The first-order valence-electron chi connectivity index (χ1n) is 6.60. The van der Waals surface area contributed by atoms with E-state index < -0.39 is 0 Å². The zero-order valence-electron chi connectivity index (χ0n) is 11.2. The fourth-order valence-electron chi connectivity index (χ4n) is 1.37. The zero-order chi connectivity index (χ0) is 12.9. The Bertz CT molecular complexity index is 184.